The largest absolute Gasteiger partial charge is 0.486 e. The number of rotatable bonds is 3. The monoisotopic (exact) mass is 775 g/mol. The fourth-order valence-corrected chi connectivity index (χ4v) is 5.56. The maximum absolute atomic E-state index is 6.17. The van der Waals surface area contributed by atoms with E-state index in [4.69, 9.17) is 4.42 Å². The van der Waals surface area contributed by atoms with Crippen LogP contribution in [0.4, 0.5) is 0 Å². The van der Waals surface area contributed by atoms with Crippen molar-refractivity contribution in [1.29, 1.82) is 0 Å². The maximum atomic E-state index is 6.17. The third-order valence-corrected chi connectivity index (χ3v) is 7.89. The Kier molecular flexibility index (Phi) is 8.85. The molecule has 8 rings (SSSR count). The van der Waals surface area contributed by atoms with E-state index < -0.39 is 0 Å². The van der Waals surface area contributed by atoms with Crippen molar-refractivity contribution in [2.24, 2.45) is 0 Å². The number of benzene rings is 3. The molecule has 0 unspecified atom stereocenters. The summed E-state index contributed by atoms with van der Waals surface area (Å²) < 4.78 is 6.17. The van der Waals surface area contributed by atoms with Crippen LogP contribution in [0.1, 0.15) is 22.4 Å². The first-order valence-corrected chi connectivity index (χ1v) is 14.9. The van der Waals surface area contributed by atoms with Gasteiger partial charge in [-0.2, -0.15) is 0 Å². The second kappa shape index (κ2) is 13.1. The zero-order chi connectivity index (χ0) is 30.9. The molecule has 46 heavy (non-hydrogen) atoms. The van der Waals surface area contributed by atoms with Crippen molar-refractivity contribution in [1.82, 2.24) is 19.9 Å². The topological polar surface area (TPSA) is 64.7 Å². The van der Waals surface area contributed by atoms with Crippen LogP contribution in [0.25, 0.3) is 66.6 Å². The van der Waals surface area contributed by atoms with Crippen molar-refractivity contribution in [2.45, 2.75) is 27.7 Å². The van der Waals surface area contributed by atoms with Crippen LogP contribution < -0.4 is 0 Å². The van der Waals surface area contributed by atoms with E-state index in [0.717, 1.165) is 61.0 Å². The van der Waals surface area contributed by atoms with Gasteiger partial charge in [-0.1, -0.05) is 48.2 Å². The van der Waals surface area contributed by atoms with E-state index in [1.165, 1.54) is 22.3 Å². The molecule has 0 saturated heterocycles. The normalized spacial score (nSPS) is 10.9. The summed E-state index contributed by atoms with van der Waals surface area (Å²) in [5.74, 6) is 0. The number of pyridine rings is 4. The van der Waals surface area contributed by atoms with Gasteiger partial charge in [-0.15, -0.1) is 53.6 Å². The predicted molar refractivity (Wildman–Crippen MR) is 182 cm³/mol. The van der Waals surface area contributed by atoms with Gasteiger partial charge >= 0.3 is 0 Å². The van der Waals surface area contributed by atoms with Crippen molar-refractivity contribution in [3.05, 3.63) is 144 Å². The summed E-state index contributed by atoms with van der Waals surface area (Å²) in [5, 5.41) is 3.15. The number of nitrogens with zero attached hydrogens (tertiary/aromatic N) is 4. The van der Waals surface area contributed by atoms with E-state index in [1.807, 2.05) is 81.0 Å². The molecule has 227 valence electrons. The minimum absolute atomic E-state index is 0. The summed E-state index contributed by atoms with van der Waals surface area (Å²) in [6, 6.07) is 37.2. The summed E-state index contributed by atoms with van der Waals surface area (Å²) in [6.45, 7) is 8.19. The van der Waals surface area contributed by atoms with E-state index in [2.05, 4.69) is 88.4 Å². The van der Waals surface area contributed by atoms with E-state index in [-0.39, 0.29) is 20.1 Å². The molecule has 3 aromatic carbocycles. The molecule has 8 aromatic rings. The van der Waals surface area contributed by atoms with Crippen LogP contribution >= 0.6 is 0 Å². The molecule has 5 nitrogen and oxygen atoms in total. The van der Waals surface area contributed by atoms with Gasteiger partial charge in [0.25, 0.3) is 0 Å². The molecule has 0 fully saturated rings. The van der Waals surface area contributed by atoms with Crippen LogP contribution in [-0.2, 0) is 20.1 Å². The molecule has 0 amide bonds. The van der Waals surface area contributed by atoms with Crippen LogP contribution in [0, 0.1) is 39.8 Å². The SMILES string of the molecule is Cc1c[c-]c(-c2ccc(C)cn2)cc1.Cc1ccc2c(n1)oc1c(-c3cc(-c4c(C)ccc5ncccc45)ccn3)[c-]ccc12.[Ir]. The predicted octanol–water partition coefficient (Wildman–Crippen LogP) is 9.84. The molecule has 0 bridgehead atoms. The summed E-state index contributed by atoms with van der Waals surface area (Å²) in [4.78, 5) is 18.1. The molecule has 5 heterocycles. The molecular weight excluding hydrogens is 745 g/mol. The number of hydrogen-bond acceptors (Lipinski definition) is 5. The Morgan fingerprint density at radius 2 is 1.54 bits per heavy atom. The molecule has 0 atom stereocenters. The van der Waals surface area contributed by atoms with Crippen LogP contribution in [0.15, 0.2) is 114 Å². The first-order valence-electron chi connectivity index (χ1n) is 14.9. The smallest absolute Gasteiger partial charge is 0.216 e. The van der Waals surface area contributed by atoms with Gasteiger partial charge in [0.05, 0.1) is 11.1 Å². The molecule has 0 saturated carbocycles. The van der Waals surface area contributed by atoms with Crippen LogP contribution in [0.2, 0.25) is 0 Å². The van der Waals surface area contributed by atoms with Crippen molar-refractivity contribution in [3.63, 3.8) is 0 Å². The zero-order valence-electron chi connectivity index (χ0n) is 25.9. The van der Waals surface area contributed by atoms with Gasteiger partial charge in [0.1, 0.15) is 0 Å². The third kappa shape index (κ3) is 6.10. The quantitative estimate of drug-likeness (QED) is 0.167. The van der Waals surface area contributed by atoms with Gasteiger partial charge < -0.3 is 14.4 Å². The molecule has 1 radical (unpaired) electrons. The third-order valence-electron chi connectivity index (χ3n) is 7.89. The molecule has 0 aliphatic rings. The fraction of sp³-hybridized carbons (Fsp3) is 0.100. The Hall–Kier alpha value is -5.03. The fourth-order valence-electron chi connectivity index (χ4n) is 5.56. The van der Waals surface area contributed by atoms with Gasteiger partial charge in [0, 0.05) is 55.2 Å². The minimum atomic E-state index is 0. The molecular formula is C40H30IrN4O-2. The number of fused-ring (bicyclic) bond motifs is 4. The first kappa shape index (κ1) is 31.0. The molecule has 0 spiro atoms. The Morgan fingerprint density at radius 1 is 0.674 bits per heavy atom. The zero-order valence-corrected chi connectivity index (χ0v) is 28.3. The molecule has 5 aromatic heterocycles. The molecule has 0 aliphatic carbocycles. The first-order chi connectivity index (χ1) is 21.9. The van der Waals surface area contributed by atoms with Crippen LogP contribution in [0.5, 0.6) is 0 Å². The van der Waals surface area contributed by atoms with Gasteiger partial charge in [-0.05, 0) is 84.7 Å². The Morgan fingerprint density at radius 3 is 2.35 bits per heavy atom. The van der Waals surface area contributed by atoms with Crippen LogP contribution in [0.3, 0.4) is 0 Å². The van der Waals surface area contributed by atoms with Crippen molar-refractivity contribution in [2.75, 3.05) is 0 Å². The molecule has 0 N–H and O–H groups in total. The minimum Gasteiger partial charge on any atom is -0.486 e. The van der Waals surface area contributed by atoms with E-state index in [0.29, 0.717) is 5.71 Å². The van der Waals surface area contributed by atoms with Crippen molar-refractivity contribution in [3.8, 4) is 33.6 Å². The van der Waals surface area contributed by atoms with Gasteiger partial charge in [-0.3, -0.25) is 4.98 Å². The van der Waals surface area contributed by atoms with Crippen molar-refractivity contribution >= 4 is 33.0 Å². The van der Waals surface area contributed by atoms with Gasteiger partial charge in [0.15, 0.2) is 0 Å². The summed E-state index contributed by atoms with van der Waals surface area (Å²) in [7, 11) is 0. The number of hydrogen-bond donors (Lipinski definition) is 0. The Labute approximate surface area is 281 Å². The summed E-state index contributed by atoms with van der Waals surface area (Å²) >= 11 is 0. The molecule has 0 aliphatic heterocycles. The summed E-state index contributed by atoms with van der Waals surface area (Å²) in [6.07, 6.45) is 5.55. The summed E-state index contributed by atoms with van der Waals surface area (Å²) in [5.41, 5.74) is 12.9. The Balaban J connectivity index is 0.000000209. The van der Waals surface area contributed by atoms with Crippen molar-refractivity contribution < 1.29 is 24.5 Å². The number of aryl methyl sites for hydroxylation is 4. The number of furan rings is 1. The Bertz CT molecular complexity index is 2270. The molecule has 6 heteroatoms. The van der Waals surface area contributed by atoms with Gasteiger partial charge in [-0.25, -0.2) is 4.98 Å². The second-order valence-corrected chi connectivity index (χ2v) is 11.3. The van der Waals surface area contributed by atoms with Crippen LogP contribution in [-0.4, -0.2) is 19.9 Å². The maximum Gasteiger partial charge on any atom is 0.216 e. The average Bonchev–Trinajstić information content (AvgIpc) is 3.43. The average molecular weight is 775 g/mol. The van der Waals surface area contributed by atoms with E-state index >= 15 is 0 Å². The van der Waals surface area contributed by atoms with Gasteiger partial charge in [0.2, 0.25) is 5.71 Å². The van der Waals surface area contributed by atoms with E-state index in [9.17, 15) is 0 Å². The second-order valence-electron chi connectivity index (χ2n) is 11.3. The van der Waals surface area contributed by atoms with E-state index in [1.54, 1.807) is 0 Å². The standard InChI is InChI=1S/C27H18N3O.C13H12N.Ir/c1-16-8-11-23-21(7-4-13-28-23)25(16)18-12-14-29-24(15-18)22-6-3-5-19-20-10-9-17(2)30-27(20)31-26(19)22;1-10-3-6-12(7-4-10)13-8-5-11(2)9-14-13;/h3-5,7-15H,1-2H3;3-6,8-9H,1-2H3;/q2*-1;. The number of aromatic nitrogens is 4.